The van der Waals surface area contributed by atoms with Crippen LogP contribution in [0.4, 0.5) is 0 Å². The number of halogens is 3. The smallest absolute Gasteiger partial charge is 0.282 e. The van der Waals surface area contributed by atoms with Gasteiger partial charge >= 0.3 is 0 Å². The fourth-order valence-corrected chi connectivity index (χ4v) is 4.76. The Kier molecular flexibility index (Phi) is 8.47. The highest BCUT2D eigenvalue weighted by molar-refractivity contribution is 9.11. The Morgan fingerprint density at radius 2 is 1.87 bits per heavy atom. The van der Waals surface area contributed by atoms with E-state index in [1.807, 2.05) is 31.2 Å². The number of aromatic nitrogens is 2. The predicted molar refractivity (Wildman–Crippen MR) is 138 cm³/mol. The van der Waals surface area contributed by atoms with Gasteiger partial charge in [-0.15, -0.1) is 0 Å². The highest BCUT2D eigenvalue weighted by Crippen LogP contribution is 2.35. The Labute approximate surface area is 207 Å². The van der Waals surface area contributed by atoms with Crippen LogP contribution in [0, 0.1) is 0 Å². The first kappa shape index (κ1) is 24.1. The normalized spacial score (nSPS) is 12.6. The standard InChI is InChI=1S/C23H24Br3N3O2/c1-4-6-7-21-28-20-9-8-16(24)12-17(20)23(30)29(21)27-13-15-10-18(25)22(19(26)11-15)31-14(3)5-2/h8-14H,4-7H2,1-3H3/t14-/m0/s1. The Bertz CT molecular complexity index is 1150. The lowest BCUT2D eigenvalue weighted by molar-refractivity contribution is 0.214. The summed E-state index contributed by atoms with van der Waals surface area (Å²) in [5, 5.41) is 5.05. The van der Waals surface area contributed by atoms with Crippen molar-refractivity contribution in [2.24, 2.45) is 5.10 Å². The summed E-state index contributed by atoms with van der Waals surface area (Å²) in [6.45, 7) is 6.23. The van der Waals surface area contributed by atoms with E-state index in [4.69, 9.17) is 9.72 Å². The molecule has 31 heavy (non-hydrogen) atoms. The predicted octanol–water partition coefficient (Wildman–Crippen LogP) is 7.09. The zero-order valence-corrected chi connectivity index (χ0v) is 22.4. The van der Waals surface area contributed by atoms with E-state index < -0.39 is 0 Å². The molecule has 0 aliphatic heterocycles. The molecule has 0 radical (unpaired) electrons. The van der Waals surface area contributed by atoms with Crippen molar-refractivity contribution in [3.05, 3.63) is 65.5 Å². The molecule has 3 aromatic rings. The SMILES string of the molecule is CCCCc1nc2ccc(Br)cc2c(=O)n1N=Cc1cc(Br)c(O[C@@H](C)CC)c(Br)c1. The molecule has 5 nitrogen and oxygen atoms in total. The third kappa shape index (κ3) is 5.84. The lowest BCUT2D eigenvalue weighted by atomic mass is 10.2. The maximum absolute atomic E-state index is 13.2. The van der Waals surface area contributed by atoms with E-state index in [0.717, 1.165) is 44.0 Å². The number of ether oxygens (including phenoxy) is 1. The van der Waals surface area contributed by atoms with Gasteiger partial charge in [-0.05, 0) is 87.5 Å². The van der Waals surface area contributed by atoms with Gasteiger partial charge in [-0.25, -0.2) is 4.98 Å². The molecule has 0 aliphatic carbocycles. The van der Waals surface area contributed by atoms with Crippen LogP contribution in [0.2, 0.25) is 0 Å². The minimum absolute atomic E-state index is 0.106. The first-order chi connectivity index (χ1) is 14.8. The van der Waals surface area contributed by atoms with Gasteiger partial charge in [0.1, 0.15) is 11.6 Å². The zero-order valence-electron chi connectivity index (χ0n) is 17.7. The second-order valence-electron chi connectivity index (χ2n) is 7.30. The molecule has 0 amide bonds. The van der Waals surface area contributed by atoms with E-state index >= 15 is 0 Å². The molecule has 164 valence electrons. The number of nitrogens with zero attached hydrogens (tertiary/aromatic N) is 3. The fraction of sp³-hybridized carbons (Fsp3) is 0.348. The number of fused-ring (bicyclic) bond motifs is 1. The highest BCUT2D eigenvalue weighted by atomic mass is 79.9. The Hall–Kier alpha value is -1.51. The number of aryl methyl sites for hydroxylation is 1. The van der Waals surface area contributed by atoms with Gasteiger partial charge in [0, 0.05) is 10.9 Å². The molecular weight excluding hydrogens is 590 g/mol. The molecule has 0 saturated carbocycles. The van der Waals surface area contributed by atoms with Crippen LogP contribution < -0.4 is 10.3 Å². The van der Waals surface area contributed by atoms with Crippen LogP contribution in [0.15, 0.2) is 53.6 Å². The molecule has 0 aliphatic rings. The molecule has 0 bridgehead atoms. The summed E-state index contributed by atoms with van der Waals surface area (Å²) in [5.41, 5.74) is 1.34. The molecule has 1 heterocycles. The van der Waals surface area contributed by atoms with Crippen molar-refractivity contribution in [1.82, 2.24) is 9.66 Å². The molecule has 2 aromatic carbocycles. The van der Waals surface area contributed by atoms with Gasteiger partial charge in [-0.1, -0.05) is 36.2 Å². The third-order valence-corrected chi connectivity index (χ3v) is 6.54. The van der Waals surface area contributed by atoms with Crippen molar-refractivity contribution < 1.29 is 4.74 Å². The minimum atomic E-state index is -0.177. The summed E-state index contributed by atoms with van der Waals surface area (Å²) in [6, 6.07) is 9.38. The number of unbranched alkanes of at least 4 members (excludes halogenated alkanes) is 1. The van der Waals surface area contributed by atoms with Gasteiger partial charge in [0.2, 0.25) is 0 Å². The van der Waals surface area contributed by atoms with Crippen molar-refractivity contribution in [2.45, 2.75) is 52.6 Å². The van der Waals surface area contributed by atoms with Gasteiger partial charge in [-0.2, -0.15) is 9.78 Å². The third-order valence-electron chi connectivity index (χ3n) is 4.87. The summed E-state index contributed by atoms with van der Waals surface area (Å²) >= 11 is 10.6. The molecule has 1 aromatic heterocycles. The van der Waals surface area contributed by atoms with E-state index in [2.05, 4.69) is 66.7 Å². The van der Waals surface area contributed by atoms with Gasteiger partial charge in [0.25, 0.3) is 5.56 Å². The van der Waals surface area contributed by atoms with Crippen molar-refractivity contribution >= 4 is 64.9 Å². The second-order valence-corrected chi connectivity index (χ2v) is 9.93. The van der Waals surface area contributed by atoms with Crippen LogP contribution in [0.5, 0.6) is 5.75 Å². The molecular formula is C23H24Br3N3O2. The van der Waals surface area contributed by atoms with Gasteiger partial charge in [-0.3, -0.25) is 4.79 Å². The van der Waals surface area contributed by atoms with E-state index in [9.17, 15) is 4.79 Å². The van der Waals surface area contributed by atoms with Crippen molar-refractivity contribution in [3.8, 4) is 5.75 Å². The summed E-state index contributed by atoms with van der Waals surface area (Å²) in [5.74, 6) is 1.41. The first-order valence-corrected chi connectivity index (χ1v) is 12.6. The quantitative estimate of drug-likeness (QED) is 0.255. The van der Waals surface area contributed by atoms with E-state index in [1.54, 1.807) is 12.3 Å². The van der Waals surface area contributed by atoms with Gasteiger partial charge < -0.3 is 4.74 Å². The Balaban J connectivity index is 2.03. The largest absolute Gasteiger partial charge is 0.488 e. The molecule has 0 unspecified atom stereocenters. The average Bonchev–Trinajstić information content (AvgIpc) is 2.74. The summed E-state index contributed by atoms with van der Waals surface area (Å²) in [4.78, 5) is 17.9. The lowest BCUT2D eigenvalue weighted by Gasteiger charge is -2.16. The van der Waals surface area contributed by atoms with Crippen molar-refractivity contribution in [2.75, 3.05) is 0 Å². The highest BCUT2D eigenvalue weighted by Gasteiger charge is 2.13. The topological polar surface area (TPSA) is 56.5 Å². The zero-order chi connectivity index (χ0) is 22.5. The number of hydrogen-bond donors (Lipinski definition) is 0. The van der Waals surface area contributed by atoms with Crippen molar-refractivity contribution in [1.29, 1.82) is 0 Å². The maximum Gasteiger partial charge on any atom is 0.282 e. The number of benzene rings is 2. The number of rotatable bonds is 8. The van der Waals surface area contributed by atoms with E-state index in [1.165, 1.54) is 4.68 Å². The summed E-state index contributed by atoms with van der Waals surface area (Å²) < 4.78 is 9.87. The Morgan fingerprint density at radius 3 is 2.52 bits per heavy atom. The number of hydrogen-bond acceptors (Lipinski definition) is 4. The van der Waals surface area contributed by atoms with Crippen LogP contribution in [0.25, 0.3) is 10.9 Å². The van der Waals surface area contributed by atoms with Crippen LogP contribution >= 0.6 is 47.8 Å². The molecule has 8 heteroatoms. The van der Waals surface area contributed by atoms with Crippen LogP contribution in [-0.2, 0) is 6.42 Å². The molecule has 0 spiro atoms. The maximum atomic E-state index is 13.2. The van der Waals surface area contributed by atoms with Crippen molar-refractivity contribution in [3.63, 3.8) is 0 Å². The van der Waals surface area contributed by atoms with E-state index in [0.29, 0.717) is 23.1 Å². The Morgan fingerprint density at radius 1 is 1.16 bits per heavy atom. The van der Waals surface area contributed by atoms with E-state index in [-0.39, 0.29) is 11.7 Å². The summed E-state index contributed by atoms with van der Waals surface area (Å²) in [7, 11) is 0. The fourth-order valence-electron chi connectivity index (χ4n) is 2.99. The first-order valence-electron chi connectivity index (χ1n) is 10.2. The molecule has 0 fully saturated rings. The van der Waals surface area contributed by atoms with Gasteiger partial charge in [0.05, 0.1) is 32.2 Å². The minimum Gasteiger partial charge on any atom is -0.488 e. The average molecular weight is 614 g/mol. The molecule has 1 atom stereocenters. The lowest BCUT2D eigenvalue weighted by Crippen LogP contribution is -2.22. The van der Waals surface area contributed by atoms with Gasteiger partial charge in [0.15, 0.2) is 0 Å². The monoisotopic (exact) mass is 611 g/mol. The van der Waals surface area contributed by atoms with Crippen LogP contribution in [-0.4, -0.2) is 22.0 Å². The molecule has 0 N–H and O–H groups in total. The van der Waals surface area contributed by atoms with Crippen LogP contribution in [0.1, 0.15) is 51.4 Å². The second kappa shape index (κ2) is 10.9. The molecule has 3 rings (SSSR count). The summed E-state index contributed by atoms with van der Waals surface area (Å²) in [6.07, 6.45) is 5.32. The van der Waals surface area contributed by atoms with Crippen LogP contribution in [0.3, 0.4) is 0 Å². The molecule has 0 saturated heterocycles.